The number of sulfone groups is 1. The molecular formula is C25H25N3O4S. The van der Waals surface area contributed by atoms with Crippen molar-refractivity contribution in [1.29, 1.82) is 0 Å². The minimum atomic E-state index is -3.37. The van der Waals surface area contributed by atoms with Crippen LogP contribution >= 0.6 is 0 Å². The molecule has 0 radical (unpaired) electrons. The van der Waals surface area contributed by atoms with Crippen molar-refractivity contribution < 1.29 is 17.9 Å². The highest BCUT2D eigenvalue weighted by atomic mass is 32.2. The van der Waals surface area contributed by atoms with Crippen LogP contribution in [0.15, 0.2) is 53.4 Å². The van der Waals surface area contributed by atoms with Crippen molar-refractivity contribution in [3.05, 3.63) is 59.7 Å². The molecule has 3 aliphatic heterocycles. The fourth-order valence-corrected chi connectivity index (χ4v) is 6.74. The van der Waals surface area contributed by atoms with Gasteiger partial charge < -0.3 is 14.5 Å². The highest BCUT2D eigenvalue weighted by molar-refractivity contribution is 7.91. The van der Waals surface area contributed by atoms with Crippen molar-refractivity contribution in [2.45, 2.75) is 36.7 Å². The average Bonchev–Trinajstić information content (AvgIpc) is 3.06. The van der Waals surface area contributed by atoms with Crippen LogP contribution in [0.4, 0.5) is 11.5 Å². The van der Waals surface area contributed by atoms with Crippen LogP contribution in [0.3, 0.4) is 0 Å². The van der Waals surface area contributed by atoms with E-state index in [1.807, 2.05) is 47.1 Å². The van der Waals surface area contributed by atoms with E-state index >= 15 is 0 Å². The molecule has 0 unspecified atom stereocenters. The van der Waals surface area contributed by atoms with Crippen LogP contribution in [0.5, 0.6) is 0 Å². The van der Waals surface area contributed by atoms with Crippen molar-refractivity contribution in [2.24, 2.45) is 0 Å². The van der Waals surface area contributed by atoms with Gasteiger partial charge in [-0.15, -0.1) is 0 Å². The summed E-state index contributed by atoms with van der Waals surface area (Å²) in [4.78, 5) is 22.3. The number of pyridine rings is 1. The predicted molar refractivity (Wildman–Crippen MR) is 126 cm³/mol. The maximum Gasteiger partial charge on any atom is 0.227 e. The molecule has 170 valence electrons. The molecule has 2 fully saturated rings. The summed E-state index contributed by atoms with van der Waals surface area (Å²) in [6.45, 7) is 3.89. The molecule has 0 N–H and O–H groups in total. The van der Waals surface area contributed by atoms with Crippen LogP contribution in [-0.2, 0) is 25.9 Å². The number of aromatic nitrogens is 1. The lowest BCUT2D eigenvalue weighted by atomic mass is 9.93. The fourth-order valence-electron chi connectivity index (χ4n) is 5.24. The normalized spacial score (nSPS) is 21.2. The van der Waals surface area contributed by atoms with Gasteiger partial charge in [-0.25, -0.2) is 13.4 Å². The quantitative estimate of drug-likeness (QED) is 0.581. The molecule has 0 saturated carbocycles. The lowest BCUT2D eigenvalue weighted by Gasteiger charge is -2.45. The number of rotatable bonds is 2. The van der Waals surface area contributed by atoms with E-state index in [0.717, 1.165) is 34.1 Å². The van der Waals surface area contributed by atoms with Crippen LogP contribution in [0, 0.1) is 6.92 Å². The van der Waals surface area contributed by atoms with Crippen molar-refractivity contribution in [1.82, 2.24) is 4.98 Å². The molecule has 0 aliphatic carbocycles. The number of hydrogen-bond donors (Lipinski definition) is 0. The summed E-state index contributed by atoms with van der Waals surface area (Å²) < 4.78 is 31.2. The van der Waals surface area contributed by atoms with E-state index in [1.165, 1.54) is 0 Å². The van der Waals surface area contributed by atoms with E-state index in [-0.39, 0.29) is 17.2 Å². The summed E-state index contributed by atoms with van der Waals surface area (Å²) in [5, 5.41) is 0.933. The highest BCUT2D eigenvalue weighted by Crippen LogP contribution is 2.44. The lowest BCUT2D eigenvalue weighted by molar-refractivity contribution is -0.119. The molecule has 1 aromatic heterocycles. The van der Waals surface area contributed by atoms with Gasteiger partial charge in [0.1, 0.15) is 5.82 Å². The van der Waals surface area contributed by atoms with Crippen LogP contribution in [0.2, 0.25) is 0 Å². The van der Waals surface area contributed by atoms with Gasteiger partial charge in [-0.1, -0.05) is 29.8 Å². The number of anilines is 2. The first-order valence-electron chi connectivity index (χ1n) is 11.2. The number of amides is 1. The number of ether oxygens (including phenoxy) is 1. The lowest BCUT2D eigenvalue weighted by Crippen LogP contribution is -2.60. The van der Waals surface area contributed by atoms with Crippen molar-refractivity contribution >= 4 is 38.2 Å². The molecule has 2 saturated heterocycles. The van der Waals surface area contributed by atoms with Gasteiger partial charge in [0.25, 0.3) is 0 Å². The Morgan fingerprint density at radius 2 is 1.91 bits per heavy atom. The van der Waals surface area contributed by atoms with Gasteiger partial charge >= 0.3 is 0 Å². The Hall–Kier alpha value is -2.97. The first-order chi connectivity index (χ1) is 15.9. The minimum Gasteiger partial charge on any atom is -0.376 e. The number of fused-ring (bicyclic) bond motifs is 2. The van der Waals surface area contributed by atoms with E-state index in [1.54, 1.807) is 12.1 Å². The second kappa shape index (κ2) is 7.27. The summed E-state index contributed by atoms with van der Waals surface area (Å²) in [6, 6.07) is 15.2. The number of carbonyl (C=O) groups is 1. The molecule has 3 aromatic rings. The van der Waals surface area contributed by atoms with Gasteiger partial charge in [0.05, 0.1) is 40.6 Å². The Kier molecular flexibility index (Phi) is 4.54. The number of aryl methyl sites for hydroxylation is 1. The third-order valence-electron chi connectivity index (χ3n) is 7.06. The van der Waals surface area contributed by atoms with E-state index in [2.05, 4.69) is 6.07 Å². The molecule has 3 aliphatic rings. The smallest absolute Gasteiger partial charge is 0.227 e. The van der Waals surface area contributed by atoms with E-state index in [0.29, 0.717) is 43.4 Å². The highest BCUT2D eigenvalue weighted by Gasteiger charge is 2.52. The first kappa shape index (κ1) is 20.6. The third-order valence-corrected chi connectivity index (χ3v) is 8.85. The molecule has 7 nitrogen and oxygen atoms in total. The van der Waals surface area contributed by atoms with Crippen molar-refractivity contribution in [2.75, 3.05) is 35.3 Å². The average molecular weight is 464 g/mol. The summed E-state index contributed by atoms with van der Waals surface area (Å²) in [5.74, 6) is 0.804. The van der Waals surface area contributed by atoms with E-state index in [4.69, 9.17) is 9.72 Å². The van der Waals surface area contributed by atoms with Gasteiger partial charge in [0, 0.05) is 31.0 Å². The van der Waals surface area contributed by atoms with Crippen LogP contribution < -0.4 is 9.80 Å². The fraction of sp³-hybridized carbons (Fsp3) is 0.360. The maximum atomic E-state index is 13.1. The number of carbonyl (C=O) groups excluding carboxylic acids is 1. The van der Waals surface area contributed by atoms with E-state index < -0.39 is 9.84 Å². The van der Waals surface area contributed by atoms with Crippen LogP contribution in [-0.4, -0.2) is 50.4 Å². The Balaban J connectivity index is 1.51. The summed E-state index contributed by atoms with van der Waals surface area (Å²) in [5.41, 5.74) is 3.21. The van der Waals surface area contributed by atoms with Gasteiger partial charge in [0.2, 0.25) is 5.91 Å². The summed E-state index contributed by atoms with van der Waals surface area (Å²) in [6.07, 6.45) is 1.29. The maximum absolute atomic E-state index is 13.1. The molecule has 0 bridgehead atoms. The molecule has 33 heavy (non-hydrogen) atoms. The standard InChI is InChI=1S/C25H25N3O4S/c1-17-6-7-20-19(12-17)21(28-24(29)8-9-25(28)15-32-16-25)13-23(26-20)27-10-11-33(30,31)22-5-3-2-4-18(22)14-27/h2-7,12-13H,8-11,14-16H2,1H3. The Bertz CT molecular complexity index is 1400. The second-order valence-electron chi connectivity index (χ2n) is 9.31. The van der Waals surface area contributed by atoms with Crippen molar-refractivity contribution in [3.63, 3.8) is 0 Å². The molecule has 8 heteroatoms. The topological polar surface area (TPSA) is 79.8 Å². The first-order valence-corrected chi connectivity index (χ1v) is 12.9. The summed E-state index contributed by atoms with van der Waals surface area (Å²) >= 11 is 0. The van der Waals surface area contributed by atoms with Crippen molar-refractivity contribution in [3.8, 4) is 0 Å². The van der Waals surface area contributed by atoms with Gasteiger partial charge in [-0.05, 0) is 37.1 Å². The molecular weight excluding hydrogens is 438 g/mol. The molecule has 2 aromatic carbocycles. The molecule has 0 atom stereocenters. The zero-order valence-corrected chi connectivity index (χ0v) is 19.3. The Labute approximate surface area is 192 Å². The number of nitrogens with zero attached hydrogens (tertiary/aromatic N) is 3. The van der Waals surface area contributed by atoms with Gasteiger partial charge in [0.15, 0.2) is 9.84 Å². The Morgan fingerprint density at radius 1 is 1.09 bits per heavy atom. The molecule has 4 heterocycles. The number of benzene rings is 2. The van der Waals surface area contributed by atoms with E-state index in [9.17, 15) is 13.2 Å². The van der Waals surface area contributed by atoms with Crippen LogP contribution in [0.25, 0.3) is 10.9 Å². The minimum absolute atomic E-state index is 0.0212. The zero-order chi connectivity index (χ0) is 22.8. The van der Waals surface area contributed by atoms with Gasteiger partial charge in [-0.2, -0.15) is 0 Å². The second-order valence-corrected chi connectivity index (χ2v) is 11.4. The molecule has 6 rings (SSSR count). The predicted octanol–water partition coefficient (Wildman–Crippen LogP) is 3.23. The van der Waals surface area contributed by atoms with Crippen LogP contribution in [0.1, 0.15) is 24.0 Å². The third kappa shape index (κ3) is 3.23. The largest absolute Gasteiger partial charge is 0.376 e. The monoisotopic (exact) mass is 463 g/mol. The zero-order valence-electron chi connectivity index (χ0n) is 18.5. The summed E-state index contributed by atoms with van der Waals surface area (Å²) in [7, 11) is -3.37. The SMILES string of the molecule is Cc1ccc2nc(N3CCS(=O)(=O)c4ccccc4C3)cc(N3C(=O)CCC34COC4)c2c1. The Morgan fingerprint density at radius 3 is 2.70 bits per heavy atom. The molecule has 1 spiro atoms. The molecule has 1 amide bonds. The van der Waals surface area contributed by atoms with Gasteiger partial charge in [-0.3, -0.25) is 4.79 Å². The number of hydrogen-bond acceptors (Lipinski definition) is 6.